The Hall–Kier alpha value is -1.63. The third kappa shape index (κ3) is 30.5. The quantitative estimate of drug-likeness (QED) is 0.0226. The normalized spacial score (nSPS) is 15.0. The van der Waals surface area contributed by atoms with Gasteiger partial charge in [0.1, 0.15) is 6.54 Å². The molecule has 0 radical (unpaired) electrons. The predicted octanol–water partition coefficient (Wildman–Crippen LogP) is 11.5. The van der Waals surface area contributed by atoms with Crippen LogP contribution in [0.4, 0.5) is 0 Å². The number of phosphoric acid groups is 1. The van der Waals surface area contributed by atoms with E-state index in [9.17, 15) is 23.9 Å². The zero-order valence-electron chi connectivity index (χ0n) is 33.6. The Morgan fingerprint density at radius 1 is 0.569 bits per heavy atom. The van der Waals surface area contributed by atoms with Gasteiger partial charge in [-0.2, -0.15) is 0 Å². The van der Waals surface area contributed by atoms with Crippen molar-refractivity contribution < 1.29 is 32.9 Å². The monoisotopic (exact) mass is 736 g/mol. The fraction of sp³-hybridized carbons (Fsp3) is 0.767. The number of Topliss-reactive ketones (excluding diaryl/α,β-unsaturated/α-hetero) is 2. The van der Waals surface area contributed by atoms with E-state index in [1.54, 1.807) is 21.1 Å². The van der Waals surface area contributed by atoms with Crippen LogP contribution < -0.4 is 4.89 Å². The molecule has 51 heavy (non-hydrogen) atoms. The number of quaternary nitrogens is 1. The zero-order chi connectivity index (χ0) is 38.1. The lowest BCUT2D eigenvalue weighted by Crippen LogP contribution is -2.60. The van der Waals surface area contributed by atoms with Gasteiger partial charge in [0.2, 0.25) is 5.60 Å². The number of hydrogen-bond acceptors (Lipinski definition) is 5. The summed E-state index contributed by atoms with van der Waals surface area (Å²) in [5, 5.41) is 0. The van der Waals surface area contributed by atoms with Gasteiger partial charge < -0.3 is 14.3 Å². The lowest BCUT2D eigenvalue weighted by Gasteiger charge is -2.39. The first-order valence-corrected chi connectivity index (χ1v) is 22.1. The van der Waals surface area contributed by atoms with Crippen molar-refractivity contribution in [2.75, 3.05) is 27.7 Å². The van der Waals surface area contributed by atoms with Crippen LogP contribution in [0, 0.1) is 0 Å². The largest absolute Gasteiger partial charge is 0.756 e. The van der Waals surface area contributed by atoms with Crippen molar-refractivity contribution in [1.82, 2.24) is 0 Å². The zero-order valence-corrected chi connectivity index (χ0v) is 34.5. The first-order valence-electron chi connectivity index (χ1n) is 20.6. The number of phosphoric ester groups is 1. The number of carbonyl (C=O) groups is 2. The van der Waals surface area contributed by atoms with E-state index < -0.39 is 25.0 Å². The third-order valence-electron chi connectivity index (χ3n) is 9.11. The first-order chi connectivity index (χ1) is 24.4. The Morgan fingerprint density at radius 2 is 0.902 bits per heavy atom. The second kappa shape index (κ2) is 31.9. The second-order valence-electron chi connectivity index (χ2n) is 15.4. The van der Waals surface area contributed by atoms with Gasteiger partial charge in [0.05, 0.1) is 21.1 Å². The number of nitrogens with zero attached hydrogens (tertiary/aromatic N) is 1. The highest BCUT2D eigenvalue weighted by Gasteiger charge is 2.51. The van der Waals surface area contributed by atoms with E-state index in [0.29, 0.717) is 19.3 Å². The molecule has 0 aliphatic heterocycles. The summed E-state index contributed by atoms with van der Waals surface area (Å²) >= 11 is 0. The minimum absolute atomic E-state index is 0.0113. The van der Waals surface area contributed by atoms with E-state index in [1.807, 2.05) is 12.2 Å². The number of allylic oxidation sites excluding steroid dienone is 8. The van der Waals surface area contributed by atoms with Gasteiger partial charge in [0.25, 0.3) is 7.82 Å². The van der Waals surface area contributed by atoms with Crippen LogP contribution in [0.2, 0.25) is 0 Å². The van der Waals surface area contributed by atoms with Crippen LogP contribution in [-0.4, -0.2) is 54.2 Å². The summed E-state index contributed by atoms with van der Waals surface area (Å²) in [6.45, 7) is 4.30. The summed E-state index contributed by atoms with van der Waals surface area (Å²) in [5.41, 5.74) is -2.22. The van der Waals surface area contributed by atoms with Crippen LogP contribution in [0.25, 0.3) is 0 Å². The molecule has 0 aromatic heterocycles. The van der Waals surface area contributed by atoms with Gasteiger partial charge in [-0.05, 0) is 51.4 Å². The van der Waals surface area contributed by atoms with Crippen LogP contribution in [0.15, 0.2) is 48.6 Å². The fourth-order valence-electron chi connectivity index (χ4n) is 6.33. The smallest absolute Gasteiger partial charge is 0.266 e. The summed E-state index contributed by atoms with van der Waals surface area (Å²) in [6.07, 6.45) is 43.8. The SMILES string of the molecule is CCCCC/C=C\C/C=C\C/C=C\C/C=C\CCCC(=O)C(C[N+](C)(C)C)(OP(=O)([O-])O)C(=O)CCCCCCCCCCCCCCCCC. The highest BCUT2D eigenvalue weighted by molar-refractivity contribution is 7.44. The minimum atomic E-state index is -5.36. The lowest BCUT2D eigenvalue weighted by molar-refractivity contribution is -0.874. The van der Waals surface area contributed by atoms with Gasteiger partial charge in [0, 0.05) is 12.8 Å². The van der Waals surface area contributed by atoms with E-state index in [-0.39, 0.29) is 23.9 Å². The Balaban J connectivity index is 4.69. The van der Waals surface area contributed by atoms with Crippen LogP contribution in [0.5, 0.6) is 0 Å². The number of rotatable bonds is 36. The van der Waals surface area contributed by atoms with E-state index in [2.05, 4.69) is 50.3 Å². The van der Waals surface area contributed by atoms with Crippen molar-refractivity contribution in [2.45, 2.75) is 186 Å². The van der Waals surface area contributed by atoms with Gasteiger partial charge in [-0.1, -0.05) is 165 Å². The fourth-order valence-corrected chi connectivity index (χ4v) is 6.98. The van der Waals surface area contributed by atoms with Crippen LogP contribution in [-0.2, 0) is 18.7 Å². The number of carbonyl (C=O) groups excluding carboxylic acids is 2. The number of hydrogen-bond donors (Lipinski definition) is 1. The molecule has 8 heteroatoms. The molecule has 0 heterocycles. The maximum absolute atomic E-state index is 13.6. The molecule has 0 saturated carbocycles. The molecule has 0 aliphatic rings. The Kier molecular flexibility index (Phi) is 30.8. The van der Waals surface area contributed by atoms with Crippen LogP contribution in [0.3, 0.4) is 0 Å². The second-order valence-corrected chi connectivity index (χ2v) is 16.5. The van der Waals surface area contributed by atoms with E-state index >= 15 is 0 Å². The highest BCUT2D eigenvalue weighted by Crippen LogP contribution is 2.40. The molecule has 1 N–H and O–H groups in total. The molecule has 0 fully saturated rings. The molecule has 0 amide bonds. The van der Waals surface area contributed by atoms with Crippen LogP contribution in [0.1, 0.15) is 181 Å². The highest BCUT2D eigenvalue weighted by atomic mass is 31.2. The molecule has 296 valence electrons. The summed E-state index contributed by atoms with van der Waals surface area (Å²) in [4.78, 5) is 49.0. The first kappa shape index (κ1) is 49.4. The Bertz CT molecular complexity index is 1040. The van der Waals surface area contributed by atoms with Gasteiger partial charge >= 0.3 is 0 Å². The molecule has 7 nitrogen and oxygen atoms in total. The molecule has 0 aromatic carbocycles. The number of likely N-dealkylation sites (N-methyl/N-ethyl adjacent to an activating group) is 1. The molecule has 0 aliphatic carbocycles. The van der Waals surface area contributed by atoms with Crippen molar-refractivity contribution in [3.63, 3.8) is 0 Å². The number of ketones is 2. The topological polar surface area (TPSA) is 104 Å². The van der Waals surface area contributed by atoms with Crippen molar-refractivity contribution in [3.8, 4) is 0 Å². The summed E-state index contributed by atoms with van der Waals surface area (Å²) in [5.74, 6) is -1.14. The Labute approximate surface area is 314 Å². The van der Waals surface area contributed by atoms with Gasteiger partial charge in [-0.25, -0.2) is 0 Å². The molecular formula is C43H78NO6P. The average Bonchev–Trinajstić information content (AvgIpc) is 3.06. The van der Waals surface area contributed by atoms with Gasteiger partial charge in [-0.3, -0.25) is 18.7 Å². The van der Waals surface area contributed by atoms with Crippen molar-refractivity contribution in [3.05, 3.63) is 48.6 Å². The molecule has 2 unspecified atom stereocenters. The summed E-state index contributed by atoms with van der Waals surface area (Å²) in [7, 11) is -0.0368. The Morgan fingerprint density at radius 3 is 1.29 bits per heavy atom. The van der Waals surface area contributed by atoms with Gasteiger partial charge in [0.15, 0.2) is 11.6 Å². The lowest BCUT2D eigenvalue weighted by atomic mass is 9.86. The van der Waals surface area contributed by atoms with Crippen LogP contribution >= 0.6 is 7.82 Å². The van der Waals surface area contributed by atoms with E-state index in [0.717, 1.165) is 44.9 Å². The van der Waals surface area contributed by atoms with Crippen molar-refractivity contribution >= 4 is 19.4 Å². The predicted molar refractivity (Wildman–Crippen MR) is 215 cm³/mol. The maximum Gasteiger partial charge on any atom is 0.266 e. The number of unbranched alkanes of at least 4 members (excludes halogenated alkanes) is 18. The van der Waals surface area contributed by atoms with Gasteiger partial charge in [-0.15, -0.1) is 0 Å². The molecule has 0 spiro atoms. The molecule has 0 aromatic rings. The molecule has 2 atom stereocenters. The standard InChI is InChI=1S/C43H78NO6P/c1-6-8-10-12-14-16-18-20-22-23-25-27-29-31-33-35-37-39-42(46)43(40-44(3,4)5,50-51(47,48)49)41(45)38-36-34-32-30-28-26-24-21-19-17-15-13-11-9-7-2/h14,16,20,22,25,27,31,33H,6-13,15,17-19,21,23-24,26,28-30,32,34-40H2,1-5H3,(H-,47,48,49)/b16-14-,22-20-,27-25-,33-31-. The third-order valence-corrected chi connectivity index (χ3v) is 9.65. The molecular weight excluding hydrogens is 657 g/mol. The molecule has 0 rings (SSSR count). The minimum Gasteiger partial charge on any atom is -0.756 e. The van der Waals surface area contributed by atoms with Crippen molar-refractivity contribution in [2.24, 2.45) is 0 Å². The van der Waals surface area contributed by atoms with E-state index in [1.165, 1.54) is 89.9 Å². The maximum atomic E-state index is 13.6. The summed E-state index contributed by atoms with van der Waals surface area (Å²) in [6, 6.07) is 0. The molecule has 0 bridgehead atoms. The summed E-state index contributed by atoms with van der Waals surface area (Å²) < 4.78 is 17.2. The van der Waals surface area contributed by atoms with E-state index in [4.69, 9.17) is 4.52 Å². The molecule has 0 saturated heterocycles. The van der Waals surface area contributed by atoms with Crippen molar-refractivity contribution in [1.29, 1.82) is 0 Å². The average molecular weight is 736 g/mol.